The van der Waals surface area contributed by atoms with E-state index >= 15 is 0 Å². The molecule has 0 amide bonds. The van der Waals surface area contributed by atoms with Gasteiger partial charge in [-0.2, -0.15) is 0 Å². The Morgan fingerprint density at radius 3 is 2.82 bits per heavy atom. The number of ether oxygens (including phenoxy) is 1. The summed E-state index contributed by atoms with van der Waals surface area (Å²) in [6.45, 7) is 1.92. The van der Waals surface area contributed by atoms with E-state index in [-0.39, 0.29) is 5.97 Å². The highest BCUT2D eigenvalue weighted by Crippen LogP contribution is 2.48. The van der Waals surface area contributed by atoms with Crippen molar-refractivity contribution in [3.05, 3.63) is 23.7 Å². The summed E-state index contributed by atoms with van der Waals surface area (Å²) in [5, 5.41) is 0. The normalized spacial score (nSPS) is 17.1. The van der Waals surface area contributed by atoms with E-state index in [9.17, 15) is 4.79 Å². The molecule has 1 N–H and O–H groups in total. The van der Waals surface area contributed by atoms with Gasteiger partial charge in [0.2, 0.25) is 0 Å². The molecule has 2 aromatic heterocycles. The number of pyridine rings is 1. The topological polar surface area (TPSA) is 67.9 Å². The minimum absolute atomic E-state index is 0.215. The van der Waals surface area contributed by atoms with Crippen molar-refractivity contribution >= 4 is 17.1 Å². The average molecular weight is 231 g/mol. The fraction of sp³-hybridized carbons (Fsp3) is 0.417. The molecule has 1 aliphatic carbocycles. The van der Waals surface area contributed by atoms with Crippen LogP contribution in [0.3, 0.4) is 0 Å². The maximum absolute atomic E-state index is 11.7. The highest BCUT2D eigenvalue weighted by molar-refractivity contribution is 5.86. The van der Waals surface area contributed by atoms with Crippen LogP contribution in [0.25, 0.3) is 11.2 Å². The van der Waals surface area contributed by atoms with E-state index in [1.165, 1.54) is 7.11 Å². The molecule has 1 fully saturated rings. The maximum atomic E-state index is 11.7. The number of imidazole rings is 1. The van der Waals surface area contributed by atoms with E-state index in [0.717, 1.165) is 24.1 Å². The predicted molar refractivity (Wildman–Crippen MR) is 61.6 cm³/mol. The van der Waals surface area contributed by atoms with Crippen LogP contribution < -0.4 is 0 Å². The summed E-state index contributed by atoms with van der Waals surface area (Å²) in [5.74, 6) is 0.464. The van der Waals surface area contributed by atoms with Crippen LogP contribution in [0.4, 0.5) is 0 Å². The number of nitrogens with one attached hydrogen (secondary N) is 1. The van der Waals surface area contributed by atoms with Gasteiger partial charge in [-0.25, -0.2) is 9.97 Å². The number of aryl methyl sites for hydroxylation is 1. The number of carbonyl (C=O) groups excluding carboxylic acids is 1. The van der Waals surface area contributed by atoms with Gasteiger partial charge in [-0.15, -0.1) is 0 Å². The Kier molecular flexibility index (Phi) is 1.98. The summed E-state index contributed by atoms with van der Waals surface area (Å²) in [7, 11) is 1.41. The molecule has 0 saturated heterocycles. The molecule has 0 aromatic carbocycles. The Hall–Kier alpha value is -1.91. The molecule has 17 heavy (non-hydrogen) atoms. The van der Waals surface area contributed by atoms with Crippen molar-refractivity contribution in [3.63, 3.8) is 0 Å². The van der Waals surface area contributed by atoms with Crippen LogP contribution in [-0.2, 0) is 14.9 Å². The fourth-order valence-corrected chi connectivity index (χ4v) is 2.07. The first-order valence-electron chi connectivity index (χ1n) is 5.58. The van der Waals surface area contributed by atoms with Crippen molar-refractivity contribution in [1.29, 1.82) is 0 Å². The molecule has 2 aromatic rings. The summed E-state index contributed by atoms with van der Waals surface area (Å²) in [4.78, 5) is 23.6. The van der Waals surface area contributed by atoms with Crippen LogP contribution in [0.1, 0.15) is 24.4 Å². The summed E-state index contributed by atoms with van der Waals surface area (Å²) in [5.41, 5.74) is 1.89. The highest BCUT2D eigenvalue weighted by Gasteiger charge is 2.55. The number of aromatic amines is 1. The number of methoxy groups -OCH3 is 1. The summed E-state index contributed by atoms with van der Waals surface area (Å²) in [6.07, 6.45) is 1.58. The molecule has 0 aliphatic heterocycles. The first kappa shape index (κ1) is 10.3. The summed E-state index contributed by atoms with van der Waals surface area (Å²) >= 11 is 0. The number of esters is 1. The van der Waals surface area contributed by atoms with E-state index in [0.29, 0.717) is 11.5 Å². The minimum atomic E-state index is -0.552. The average Bonchev–Trinajstić information content (AvgIpc) is 3.03. The lowest BCUT2D eigenvalue weighted by molar-refractivity contribution is -0.143. The van der Waals surface area contributed by atoms with E-state index < -0.39 is 5.41 Å². The Labute approximate surface area is 98.2 Å². The Morgan fingerprint density at radius 1 is 1.41 bits per heavy atom. The third kappa shape index (κ3) is 1.42. The van der Waals surface area contributed by atoms with Crippen molar-refractivity contribution in [2.24, 2.45) is 0 Å². The molecule has 5 nitrogen and oxygen atoms in total. The Morgan fingerprint density at radius 2 is 2.18 bits per heavy atom. The quantitative estimate of drug-likeness (QED) is 0.795. The van der Waals surface area contributed by atoms with Gasteiger partial charge in [0.15, 0.2) is 5.65 Å². The van der Waals surface area contributed by atoms with E-state index in [1.54, 1.807) is 0 Å². The molecule has 88 valence electrons. The van der Waals surface area contributed by atoms with E-state index in [4.69, 9.17) is 4.74 Å². The molecule has 1 saturated carbocycles. The van der Waals surface area contributed by atoms with Gasteiger partial charge in [0.1, 0.15) is 11.2 Å². The third-order valence-corrected chi connectivity index (χ3v) is 3.26. The van der Waals surface area contributed by atoms with Crippen LogP contribution in [-0.4, -0.2) is 28.0 Å². The molecule has 5 heteroatoms. The van der Waals surface area contributed by atoms with Gasteiger partial charge in [0.05, 0.1) is 12.6 Å². The molecule has 3 rings (SSSR count). The molecule has 0 spiro atoms. The van der Waals surface area contributed by atoms with Crippen LogP contribution in [0.2, 0.25) is 0 Å². The molecular formula is C12H13N3O2. The number of fused-ring (bicyclic) bond motifs is 1. The number of aromatic nitrogens is 3. The second kappa shape index (κ2) is 3.29. The lowest BCUT2D eigenvalue weighted by Gasteiger charge is -2.08. The van der Waals surface area contributed by atoms with Crippen molar-refractivity contribution in [1.82, 2.24) is 15.0 Å². The van der Waals surface area contributed by atoms with Gasteiger partial charge in [-0.3, -0.25) is 4.79 Å². The lowest BCUT2D eigenvalue weighted by atomic mass is 10.1. The molecule has 0 unspecified atom stereocenters. The number of H-pyrrole nitrogens is 1. The Balaban J connectivity index is 2.10. The molecular weight excluding hydrogens is 218 g/mol. The van der Waals surface area contributed by atoms with Gasteiger partial charge in [-0.1, -0.05) is 0 Å². The summed E-state index contributed by atoms with van der Waals surface area (Å²) < 4.78 is 4.83. The second-order valence-electron chi connectivity index (χ2n) is 4.48. The van der Waals surface area contributed by atoms with Crippen molar-refractivity contribution in [2.45, 2.75) is 25.2 Å². The van der Waals surface area contributed by atoms with Gasteiger partial charge in [0.25, 0.3) is 0 Å². The van der Waals surface area contributed by atoms with Crippen LogP contribution in [0.15, 0.2) is 12.1 Å². The van der Waals surface area contributed by atoms with E-state index in [2.05, 4.69) is 15.0 Å². The monoisotopic (exact) mass is 231 g/mol. The third-order valence-electron chi connectivity index (χ3n) is 3.26. The standard InChI is InChI=1S/C12H13N3O2/c1-7-3-4-8-9(13-7)15-10(14-8)12(5-6-12)11(16)17-2/h3-4H,5-6H2,1-2H3,(H,13,14,15). The van der Waals surface area contributed by atoms with Crippen LogP contribution in [0, 0.1) is 6.92 Å². The predicted octanol–water partition coefficient (Wildman–Crippen LogP) is 1.47. The SMILES string of the molecule is COC(=O)C1(c2nc3nc(C)ccc3[nH]2)CC1. The number of hydrogen-bond acceptors (Lipinski definition) is 4. The molecule has 1 aliphatic rings. The highest BCUT2D eigenvalue weighted by atomic mass is 16.5. The van der Waals surface area contributed by atoms with E-state index in [1.807, 2.05) is 19.1 Å². The van der Waals surface area contributed by atoms with Crippen LogP contribution in [0.5, 0.6) is 0 Å². The Bertz CT molecular complexity index is 599. The van der Waals surface area contributed by atoms with Crippen LogP contribution >= 0.6 is 0 Å². The van der Waals surface area contributed by atoms with Gasteiger partial charge in [-0.05, 0) is 31.9 Å². The van der Waals surface area contributed by atoms with Crippen molar-refractivity contribution in [3.8, 4) is 0 Å². The maximum Gasteiger partial charge on any atom is 0.319 e. The number of hydrogen-bond donors (Lipinski definition) is 1. The molecule has 2 heterocycles. The largest absolute Gasteiger partial charge is 0.468 e. The first-order valence-corrected chi connectivity index (χ1v) is 5.58. The van der Waals surface area contributed by atoms with Gasteiger partial charge in [0, 0.05) is 5.69 Å². The molecule has 0 radical (unpaired) electrons. The van der Waals surface area contributed by atoms with Crippen molar-refractivity contribution in [2.75, 3.05) is 7.11 Å². The number of carbonyl (C=O) groups is 1. The van der Waals surface area contributed by atoms with Crippen molar-refractivity contribution < 1.29 is 9.53 Å². The number of nitrogens with zero attached hydrogens (tertiary/aromatic N) is 2. The fourth-order valence-electron chi connectivity index (χ4n) is 2.07. The lowest BCUT2D eigenvalue weighted by Crippen LogP contribution is -2.23. The summed E-state index contributed by atoms with van der Waals surface area (Å²) in [6, 6.07) is 3.85. The zero-order valence-electron chi connectivity index (χ0n) is 9.78. The molecule has 0 atom stereocenters. The minimum Gasteiger partial charge on any atom is -0.468 e. The second-order valence-corrected chi connectivity index (χ2v) is 4.48. The number of rotatable bonds is 2. The molecule has 0 bridgehead atoms. The van der Waals surface area contributed by atoms with Gasteiger partial charge >= 0.3 is 5.97 Å². The van der Waals surface area contributed by atoms with Gasteiger partial charge < -0.3 is 9.72 Å². The zero-order chi connectivity index (χ0) is 12.0. The zero-order valence-corrected chi connectivity index (χ0v) is 9.78. The first-order chi connectivity index (χ1) is 8.15. The smallest absolute Gasteiger partial charge is 0.319 e.